The first-order chi connectivity index (χ1) is 17.6. The molecule has 0 bridgehead atoms. The van der Waals surface area contributed by atoms with Gasteiger partial charge in [-0.15, -0.1) is 0 Å². The lowest BCUT2D eigenvalue weighted by molar-refractivity contribution is 0.653. The average Bonchev–Trinajstić information content (AvgIpc) is 2.92. The number of benzene rings is 3. The van der Waals surface area contributed by atoms with Crippen molar-refractivity contribution in [1.29, 1.82) is 0 Å². The van der Waals surface area contributed by atoms with E-state index in [4.69, 9.17) is 0 Å². The lowest BCUT2D eigenvalue weighted by Crippen LogP contribution is -2.25. The van der Waals surface area contributed by atoms with Gasteiger partial charge in [-0.3, -0.25) is 0 Å². The average molecular weight is 473 g/mol. The van der Waals surface area contributed by atoms with Gasteiger partial charge in [0.05, 0.1) is 0 Å². The molecule has 0 aromatic heterocycles. The van der Waals surface area contributed by atoms with Crippen molar-refractivity contribution in [1.82, 2.24) is 0 Å². The summed E-state index contributed by atoms with van der Waals surface area (Å²) in [5, 5.41) is 0. The standard InChI is InChI=1S/C34H36N2/c1-5-11-29(12-6-2)30-14-10-13-28(25-30)26-36(33-15-8-7-9-16-33)34-23-21-32(22-24-34)35(4)31-19-17-27(3)18-20-31/h5-12,14-25,28H,1,13,26H2,2-4H3/b12-6-,29-11+. The Kier molecular flexibility index (Phi) is 8.41. The van der Waals surface area contributed by atoms with E-state index < -0.39 is 0 Å². The molecule has 0 heterocycles. The number of rotatable bonds is 9. The third-order valence-electron chi connectivity index (χ3n) is 6.58. The largest absolute Gasteiger partial charge is 0.345 e. The van der Waals surface area contributed by atoms with E-state index in [1.54, 1.807) is 0 Å². The molecule has 3 aromatic carbocycles. The van der Waals surface area contributed by atoms with Crippen molar-refractivity contribution in [3.63, 3.8) is 0 Å². The summed E-state index contributed by atoms with van der Waals surface area (Å²) in [7, 11) is 2.12. The predicted molar refractivity (Wildman–Crippen MR) is 158 cm³/mol. The highest BCUT2D eigenvalue weighted by molar-refractivity contribution is 5.69. The molecule has 0 saturated carbocycles. The van der Waals surface area contributed by atoms with Crippen LogP contribution in [0.3, 0.4) is 0 Å². The Morgan fingerprint density at radius 1 is 0.889 bits per heavy atom. The molecule has 0 radical (unpaired) electrons. The van der Waals surface area contributed by atoms with Gasteiger partial charge in [-0.05, 0) is 85.9 Å². The van der Waals surface area contributed by atoms with Crippen LogP contribution < -0.4 is 9.80 Å². The topological polar surface area (TPSA) is 6.48 Å². The number of para-hydroxylation sites is 1. The van der Waals surface area contributed by atoms with Crippen molar-refractivity contribution in [2.75, 3.05) is 23.4 Å². The molecule has 0 amide bonds. The second kappa shape index (κ2) is 12.1. The molecular weight excluding hydrogens is 436 g/mol. The van der Waals surface area contributed by atoms with Gasteiger partial charge in [-0.25, -0.2) is 0 Å². The minimum atomic E-state index is 0.401. The Hall–Kier alpha value is -4.04. The third-order valence-corrected chi connectivity index (χ3v) is 6.58. The molecular formula is C34H36N2. The van der Waals surface area contributed by atoms with Gasteiger partial charge < -0.3 is 9.80 Å². The molecule has 0 N–H and O–H groups in total. The molecule has 3 aromatic rings. The lowest BCUT2D eigenvalue weighted by atomic mass is 9.91. The molecule has 1 atom stereocenters. The SMILES string of the molecule is C=C/C=C(\C=C/C)C1=CC(CN(c2ccccc2)c2ccc(N(C)c3ccc(C)cc3)cc2)CC=C1. The zero-order valence-electron chi connectivity index (χ0n) is 21.6. The van der Waals surface area contributed by atoms with E-state index in [2.05, 4.69) is 153 Å². The Labute approximate surface area is 216 Å². The Morgan fingerprint density at radius 3 is 2.14 bits per heavy atom. The van der Waals surface area contributed by atoms with E-state index in [-0.39, 0.29) is 0 Å². The fourth-order valence-electron chi connectivity index (χ4n) is 4.60. The van der Waals surface area contributed by atoms with Crippen LogP contribution in [0.25, 0.3) is 0 Å². The number of aryl methyl sites for hydroxylation is 1. The van der Waals surface area contributed by atoms with Crippen LogP contribution >= 0.6 is 0 Å². The van der Waals surface area contributed by atoms with Crippen molar-refractivity contribution in [3.8, 4) is 0 Å². The van der Waals surface area contributed by atoms with Crippen molar-refractivity contribution in [2.45, 2.75) is 20.3 Å². The maximum atomic E-state index is 3.89. The Bertz CT molecular complexity index is 1260. The zero-order valence-corrected chi connectivity index (χ0v) is 21.6. The molecule has 0 fully saturated rings. The van der Waals surface area contributed by atoms with Gasteiger partial charge in [0, 0.05) is 36.3 Å². The summed E-state index contributed by atoms with van der Waals surface area (Å²) >= 11 is 0. The summed E-state index contributed by atoms with van der Waals surface area (Å²) in [4.78, 5) is 4.66. The van der Waals surface area contributed by atoms with Crippen LogP contribution in [-0.4, -0.2) is 13.6 Å². The van der Waals surface area contributed by atoms with Crippen LogP contribution in [0.2, 0.25) is 0 Å². The van der Waals surface area contributed by atoms with Crippen LogP contribution in [0.1, 0.15) is 18.9 Å². The highest BCUT2D eigenvalue weighted by Crippen LogP contribution is 2.32. The number of nitrogens with zero attached hydrogens (tertiary/aromatic N) is 2. The van der Waals surface area contributed by atoms with E-state index >= 15 is 0 Å². The van der Waals surface area contributed by atoms with Gasteiger partial charge in [-0.2, -0.15) is 0 Å². The van der Waals surface area contributed by atoms with Gasteiger partial charge in [0.15, 0.2) is 0 Å². The molecule has 2 nitrogen and oxygen atoms in total. The highest BCUT2D eigenvalue weighted by atomic mass is 15.1. The summed E-state index contributed by atoms with van der Waals surface area (Å²) in [6.45, 7) is 8.97. The first-order valence-corrected chi connectivity index (χ1v) is 12.7. The summed E-state index contributed by atoms with van der Waals surface area (Å²) in [5.74, 6) is 0.401. The monoisotopic (exact) mass is 472 g/mol. The Morgan fingerprint density at radius 2 is 1.50 bits per heavy atom. The molecule has 182 valence electrons. The lowest BCUT2D eigenvalue weighted by Gasteiger charge is -2.30. The molecule has 36 heavy (non-hydrogen) atoms. The predicted octanol–water partition coefficient (Wildman–Crippen LogP) is 9.09. The van der Waals surface area contributed by atoms with Gasteiger partial charge in [0.25, 0.3) is 0 Å². The molecule has 1 aliphatic carbocycles. The number of anilines is 4. The zero-order chi connectivity index (χ0) is 25.3. The number of allylic oxidation sites excluding steroid dienone is 8. The maximum Gasteiger partial charge on any atom is 0.0412 e. The minimum absolute atomic E-state index is 0.401. The first kappa shape index (κ1) is 25.1. The molecule has 0 aliphatic heterocycles. The molecule has 1 unspecified atom stereocenters. The van der Waals surface area contributed by atoms with E-state index in [9.17, 15) is 0 Å². The summed E-state index contributed by atoms with van der Waals surface area (Å²) < 4.78 is 0. The van der Waals surface area contributed by atoms with E-state index in [1.807, 2.05) is 6.08 Å². The Balaban J connectivity index is 1.60. The maximum absolute atomic E-state index is 3.89. The van der Waals surface area contributed by atoms with Crippen molar-refractivity contribution < 1.29 is 0 Å². The minimum Gasteiger partial charge on any atom is -0.345 e. The van der Waals surface area contributed by atoms with Gasteiger partial charge in [-0.1, -0.05) is 85.0 Å². The summed E-state index contributed by atoms with van der Waals surface area (Å²) in [5.41, 5.74) is 8.48. The number of hydrogen-bond acceptors (Lipinski definition) is 2. The van der Waals surface area contributed by atoms with E-state index in [1.165, 1.54) is 39.5 Å². The fraction of sp³-hybridized carbons (Fsp3) is 0.176. The normalized spacial score (nSPS) is 15.6. The second-order valence-electron chi connectivity index (χ2n) is 9.23. The summed E-state index contributed by atoms with van der Waals surface area (Å²) in [6, 6.07) is 28.2. The van der Waals surface area contributed by atoms with Crippen LogP contribution in [0.15, 0.2) is 139 Å². The van der Waals surface area contributed by atoms with Crippen LogP contribution in [0, 0.1) is 12.8 Å². The van der Waals surface area contributed by atoms with Crippen LogP contribution in [0.4, 0.5) is 22.7 Å². The second-order valence-corrected chi connectivity index (χ2v) is 9.23. The molecule has 1 aliphatic rings. The van der Waals surface area contributed by atoms with E-state index in [0.29, 0.717) is 5.92 Å². The van der Waals surface area contributed by atoms with Gasteiger partial charge in [0.1, 0.15) is 0 Å². The third kappa shape index (κ3) is 6.14. The quantitative estimate of drug-likeness (QED) is 0.287. The van der Waals surface area contributed by atoms with E-state index in [0.717, 1.165) is 13.0 Å². The molecule has 4 rings (SSSR count). The fourth-order valence-corrected chi connectivity index (χ4v) is 4.60. The first-order valence-electron chi connectivity index (χ1n) is 12.7. The van der Waals surface area contributed by atoms with Crippen molar-refractivity contribution >= 4 is 22.7 Å². The van der Waals surface area contributed by atoms with Crippen molar-refractivity contribution in [2.24, 2.45) is 5.92 Å². The molecule has 0 spiro atoms. The smallest absolute Gasteiger partial charge is 0.0412 e. The highest BCUT2D eigenvalue weighted by Gasteiger charge is 2.18. The summed E-state index contributed by atoms with van der Waals surface area (Å²) in [6.07, 6.45) is 16.1. The molecule has 0 saturated heterocycles. The van der Waals surface area contributed by atoms with Crippen molar-refractivity contribution in [3.05, 3.63) is 145 Å². The van der Waals surface area contributed by atoms with Gasteiger partial charge >= 0.3 is 0 Å². The van der Waals surface area contributed by atoms with Crippen LogP contribution in [0.5, 0.6) is 0 Å². The molecule has 2 heteroatoms. The van der Waals surface area contributed by atoms with Gasteiger partial charge in [0.2, 0.25) is 0 Å². The number of hydrogen-bond donors (Lipinski definition) is 0. The van der Waals surface area contributed by atoms with Crippen LogP contribution in [-0.2, 0) is 0 Å².